The zero-order chi connectivity index (χ0) is 15.5. The van der Waals surface area contributed by atoms with E-state index in [9.17, 15) is 4.79 Å². The Kier molecular flexibility index (Phi) is 5.04. The molecule has 0 aromatic carbocycles. The molecule has 1 atom stereocenters. The van der Waals surface area contributed by atoms with Crippen molar-refractivity contribution in [3.8, 4) is 0 Å². The lowest BCUT2D eigenvalue weighted by Crippen LogP contribution is -2.43. The van der Waals surface area contributed by atoms with Gasteiger partial charge < -0.3 is 14.8 Å². The Bertz CT molecular complexity index is 512. The minimum absolute atomic E-state index is 0.0106. The minimum atomic E-state index is -0.224. The molecule has 21 heavy (non-hydrogen) atoms. The van der Waals surface area contributed by atoms with Crippen molar-refractivity contribution in [3.05, 3.63) is 22.7 Å². The molecule has 0 radical (unpaired) electrons. The van der Waals surface area contributed by atoms with Crippen LogP contribution in [0.4, 0.5) is 5.82 Å². The molecule has 1 aliphatic rings. The molecule has 5 nitrogen and oxygen atoms in total. The summed E-state index contributed by atoms with van der Waals surface area (Å²) in [6, 6.07) is 0.473. The molecule has 5 heteroatoms. The van der Waals surface area contributed by atoms with Gasteiger partial charge >= 0.3 is 0 Å². The van der Waals surface area contributed by atoms with Crippen molar-refractivity contribution in [2.24, 2.45) is 0 Å². The van der Waals surface area contributed by atoms with Gasteiger partial charge in [-0.3, -0.25) is 4.79 Å². The molecule has 118 valence electrons. The van der Waals surface area contributed by atoms with E-state index in [1.165, 1.54) is 12.8 Å². The first-order chi connectivity index (χ1) is 9.93. The Balaban J connectivity index is 2.29. The van der Waals surface area contributed by atoms with Crippen LogP contribution in [0.25, 0.3) is 0 Å². The van der Waals surface area contributed by atoms with E-state index in [-0.39, 0.29) is 11.1 Å². The smallest absolute Gasteiger partial charge is 0.293 e. The summed E-state index contributed by atoms with van der Waals surface area (Å²) in [5, 5.41) is 3.50. The number of nitrogens with one attached hydrogen (secondary N) is 1. The van der Waals surface area contributed by atoms with Crippen molar-refractivity contribution >= 4 is 5.82 Å². The first-order valence-corrected chi connectivity index (χ1v) is 8.00. The second-order valence-electron chi connectivity index (χ2n) is 6.84. The van der Waals surface area contributed by atoms with Gasteiger partial charge in [0, 0.05) is 37.1 Å². The molecule has 1 aromatic rings. The standard InChI is InChI=1S/C16H28N4O/c1-5-10-19(12-13-7-6-8-17-13)14-15(21)20(11-9-18-14)16(2,3)4/h9,11,13,17H,5-8,10,12H2,1-4H3. The summed E-state index contributed by atoms with van der Waals surface area (Å²) in [5.74, 6) is 0.586. The molecule has 0 aliphatic carbocycles. The molecular weight excluding hydrogens is 264 g/mol. The number of anilines is 1. The topological polar surface area (TPSA) is 50.2 Å². The summed E-state index contributed by atoms with van der Waals surface area (Å²) >= 11 is 0. The number of rotatable bonds is 5. The second-order valence-corrected chi connectivity index (χ2v) is 6.84. The summed E-state index contributed by atoms with van der Waals surface area (Å²) in [6.45, 7) is 11.1. The molecule has 1 saturated heterocycles. The van der Waals surface area contributed by atoms with E-state index in [4.69, 9.17) is 0 Å². The highest BCUT2D eigenvalue weighted by molar-refractivity contribution is 5.36. The fourth-order valence-electron chi connectivity index (χ4n) is 2.88. The van der Waals surface area contributed by atoms with Crippen LogP contribution in [0.2, 0.25) is 0 Å². The third-order valence-corrected chi connectivity index (χ3v) is 3.94. The first kappa shape index (κ1) is 16.0. The predicted octanol–water partition coefficient (Wildman–Crippen LogP) is 1.97. The van der Waals surface area contributed by atoms with Gasteiger partial charge in [-0.25, -0.2) is 4.98 Å². The lowest BCUT2D eigenvalue weighted by atomic mass is 10.1. The molecule has 1 aliphatic heterocycles. The van der Waals surface area contributed by atoms with Crippen LogP contribution in [-0.4, -0.2) is 35.2 Å². The molecule has 1 unspecified atom stereocenters. The van der Waals surface area contributed by atoms with E-state index in [1.807, 2.05) is 20.8 Å². The zero-order valence-electron chi connectivity index (χ0n) is 13.7. The van der Waals surface area contributed by atoms with Crippen LogP contribution < -0.4 is 15.8 Å². The van der Waals surface area contributed by atoms with Crippen molar-refractivity contribution in [3.63, 3.8) is 0 Å². The van der Waals surface area contributed by atoms with Gasteiger partial charge in [-0.2, -0.15) is 0 Å². The fourth-order valence-corrected chi connectivity index (χ4v) is 2.88. The largest absolute Gasteiger partial charge is 0.350 e. The maximum atomic E-state index is 12.7. The number of hydrogen-bond donors (Lipinski definition) is 1. The summed E-state index contributed by atoms with van der Waals surface area (Å²) in [7, 11) is 0. The van der Waals surface area contributed by atoms with Crippen molar-refractivity contribution in [1.82, 2.24) is 14.9 Å². The lowest BCUT2D eigenvalue weighted by Gasteiger charge is -2.28. The maximum Gasteiger partial charge on any atom is 0.293 e. The first-order valence-electron chi connectivity index (χ1n) is 8.00. The van der Waals surface area contributed by atoms with Crippen molar-refractivity contribution in [2.75, 3.05) is 24.5 Å². The molecule has 0 spiro atoms. The SMILES string of the molecule is CCCN(CC1CCCN1)c1nccn(C(C)(C)C)c1=O. The molecular formula is C16H28N4O. The van der Waals surface area contributed by atoms with Crippen molar-refractivity contribution in [1.29, 1.82) is 0 Å². The summed E-state index contributed by atoms with van der Waals surface area (Å²) < 4.78 is 1.78. The molecule has 1 fully saturated rings. The van der Waals surface area contributed by atoms with Gasteiger partial charge in [-0.05, 0) is 46.6 Å². The predicted molar refractivity (Wildman–Crippen MR) is 87.0 cm³/mol. The van der Waals surface area contributed by atoms with Crippen LogP contribution in [0, 0.1) is 0 Å². The van der Waals surface area contributed by atoms with E-state index in [1.54, 1.807) is 17.0 Å². The monoisotopic (exact) mass is 292 g/mol. The Hall–Kier alpha value is -1.36. The van der Waals surface area contributed by atoms with Gasteiger partial charge in [-0.1, -0.05) is 6.92 Å². The van der Waals surface area contributed by atoms with Crippen LogP contribution in [0.15, 0.2) is 17.2 Å². The summed E-state index contributed by atoms with van der Waals surface area (Å²) in [6.07, 6.45) is 6.94. The molecule has 2 heterocycles. The van der Waals surface area contributed by atoms with Gasteiger partial charge in [-0.15, -0.1) is 0 Å². The Morgan fingerprint density at radius 3 is 2.81 bits per heavy atom. The van der Waals surface area contributed by atoms with E-state index in [0.717, 1.165) is 26.1 Å². The molecule has 1 aromatic heterocycles. The number of nitrogens with zero attached hydrogens (tertiary/aromatic N) is 3. The summed E-state index contributed by atoms with van der Waals surface area (Å²) in [5.41, 5.74) is -0.213. The lowest BCUT2D eigenvalue weighted by molar-refractivity contribution is 0.382. The molecule has 0 bridgehead atoms. The Morgan fingerprint density at radius 1 is 1.48 bits per heavy atom. The summed E-state index contributed by atoms with van der Waals surface area (Å²) in [4.78, 5) is 19.3. The highest BCUT2D eigenvalue weighted by atomic mass is 16.1. The molecule has 0 saturated carbocycles. The minimum Gasteiger partial charge on any atom is -0.350 e. The Labute approximate surface area is 127 Å². The Morgan fingerprint density at radius 2 is 2.24 bits per heavy atom. The van der Waals surface area contributed by atoms with Crippen LogP contribution in [0.5, 0.6) is 0 Å². The molecule has 0 amide bonds. The normalized spacial score (nSPS) is 19.0. The molecule has 2 rings (SSSR count). The van der Waals surface area contributed by atoms with Crippen LogP contribution in [0.1, 0.15) is 47.0 Å². The van der Waals surface area contributed by atoms with Crippen LogP contribution in [0.3, 0.4) is 0 Å². The molecule has 1 N–H and O–H groups in total. The van der Waals surface area contributed by atoms with E-state index < -0.39 is 0 Å². The van der Waals surface area contributed by atoms with Gasteiger partial charge in [0.1, 0.15) is 0 Å². The second kappa shape index (κ2) is 6.60. The maximum absolute atomic E-state index is 12.7. The van der Waals surface area contributed by atoms with Gasteiger partial charge in [0.15, 0.2) is 5.82 Å². The van der Waals surface area contributed by atoms with Crippen LogP contribution in [-0.2, 0) is 5.54 Å². The highest BCUT2D eigenvalue weighted by Gasteiger charge is 2.23. The quantitative estimate of drug-likeness (QED) is 0.901. The van der Waals surface area contributed by atoms with E-state index in [2.05, 4.69) is 22.1 Å². The average molecular weight is 292 g/mol. The van der Waals surface area contributed by atoms with Crippen molar-refractivity contribution < 1.29 is 0 Å². The van der Waals surface area contributed by atoms with E-state index in [0.29, 0.717) is 11.9 Å². The average Bonchev–Trinajstić information content (AvgIpc) is 2.90. The van der Waals surface area contributed by atoms with Crippen molar-refractivity contribution in [2.45, 2.75) is 58.5 Å². The van der Waals surface area contributed by atoms with E-state index >= 15 is 0 Å². The third-order valence-electron chi connectivity index (χ3n) is 3.94. The van der Waals surface area contributed by atoms with Gasteiger partial charge in [0.05, 0.1) is 0 Å². The third kappa shape index (κ3) is 3.84. The fraction of sp³-hybridized carbons (Fsp3) is 0.750. The van der Waals surface area contributed by atoms with Crippen LogP contribution >= 0.6 is 0 Å². The number of hydrogen-bond acceptors (Lipinski definition) is 4. The highest BCUT2D eigenvalue weighted by Crippen LogP contribution is 2.15. The van der Waals surface area contributed by atoms with Gasteiger partial charge in [0.25, 0.3) is 5.56 Å². The van der Waals surface area contributed by atoms with Gasteiger partial charge in [0.2, 0.25) is 0 Å². The zero-order valence-corrected chi connectivity index (χ0v) is 13.7. The number of aromatic nitrogens is 2.